The van der Waals surface area contributed by atoms with Gasteiger partial charge in [0.1, 0.15) is 5.82 Å². The number of nitrogens with zero attached hydrogens (tertiary/aromatic N) is 1. The van der Waals surface area contributed by atoms with Crippen LogP contribution in [0.4, 0.5) is 5.82 Å². The third-order valence-electron chi connectivity index (χ3n) is 4.48. The van der Waals surface area contributed by atoms with E-state index in [1.54, 1.807) is 0 Å². The molecule has 0 amide bonds. The van der Waals surface area contributed by atoms with E-state index in [-0.39, 0.29) is 0 Å². The van der Waals surface area contributed by atoms with Gasteiger partial charge >= 0.3 is 0 Å². The second kappa shape index (κ2) is 4.08. The van der Waals surface area contributed by atoms with Crippen molar-refractivity contribution in [2.24, 2.45) is 17.8 Å². The molecular weight excluding hydrogens is 196 g/mol. The Labute approximate surface area is 97.5 Å². The van der Waals surface area contributed by atoms with Gasteiger partial charge in [0.15, 0.2) is 0 Å². The maximum Gasteiger partial charge on any atom is 0.126 e. The van der Waals surface area contributed by atoms with Crippen LogP contribution in [0.2, 0.25) is 0 Å². The molecule has 4 unspecified atom stereocenters. The molecule has 2 bridgehead atoms. The Bertz CT molecular complexity index is 349. The van der Waals surface area contributed by atoms with E-state index in [1.165, 1.54) is 25.7 Å². The van der Waals surface area contributed by atoms with E-state index in [0.717, 1.165) is 23.6 Å². The monoisotopic (exact) mass is 216 g/mol. The molecule has 1 aromatic heterocycles. The Morgan fingerprint density at radius 3 is 2.88 bits per heavy atom. The molecule has 4 atom stereocenters. The van der Waals surface area contributed by atoms with Crippen LogP contribution in [0.15, 0.2) is 24.4 Å². The lowest BCUT2D eigenvalue weighted by atomic mass is 9.84. The van der Waals surface area contributed by atoms with Gasteiger partial charge in [-0.25, -0.2) is 4.98 Å². The Balaban J connectivity index is 1.64. The SMILES string of the molecule is CC(Nc1ccccn1)C1CC2CCC1C2. The molecular formula is C14H20N2. The highest BCUT2D eigenvalue weighted by Gasteiger charge is 2.41. The molecule has 0 saturated heterocycles. The van der Waals surface area contributed by atoms with Crippen LogP contribution in [0.25, 0.3) is 0 Å². The molecule has 3 rings (SSSR count). The maximum absolute atomic E-state index is 4.34. The van der Waals surface area contributed by atoms with E-state index in [2.05, 4.69) is 23.3 Å². The van der Waals surface area contributed by atoms with Gasteiger partial charge in [-0.3, -0.25) is 0 Å². The van der Waals surface area contributed by atoms with Crippen molar-refractivity contribution in [3.05, 3.63) is 24.4 Å². The van der Waals surface area contributed by atoms with E-state index in [1.807, 2.05) is 18.3 Å². The summed E-state index contributed by atoms with van der Waals surface area (Å²) in [6.07, 6.45) is 7.72. The molecule has 0 aliphatic heterocycles. The summed E-state index contributed by atoms with van der Waals surface area (Å²) in [6, 6.07) is 6.64. The Morgan fingerprint density at radius 1 is 1.31 bits per heavy atom. The van der Waals surface area contributed by atoms with Gasteiger partial charge < -0.3 is 5.32 Å². The Kier molecular flexibility index (Phi) is 2.58. The summed E-state index contributed by atoms with van der Waals surface area (Å²) in [5, 5.41) is 3.56. The summed E-state index contributed by atoms with van der Waals surface area (Å²) < 4.78 is 0. The third kappa shape index (κ3) is 1.81. The van der Waals surface area contributed by atoms with Crippen LogP contribution in [0.1, 0.15) is 32.6 Å². The lowest BCUT2D eigenvalue weighted by molar-refractivity contribution is 0.304. The minimum atomic E-state index is 0.574. The summed E-state index contributed by atoms with van der Waals surface area (Å²) in [5.41, 5.74) is 0. The molecule has 0 spiro atoms. The van der Waals surface area contributed by atoms with Gasteiger partial charge in [-0.1, -0.05) is 12.5 Å². The molecule has 86 valence electrons. The van der Waals surface area contributed by atoms with Crippen LogP contribution < -0.4 is 5.32 Å². The molecule has 16 heavy (non-hydrogen) atoms. The van der Waals surface area contributed by atoms with Crippen LogP contribution in [0, 0.1) is 17.8 Å². The van der Waals surface area contributed by atoms with Crippen molar-refractivity contribution in [2.75, 3.05) is 5.32 Å². The fourth-order valence-corrected chi connectivity index (χ4v) is 3.69. The molecule has 2 saturated carbocycles. The van der Waals surface area contributed by atoms with Crippen LogP contribution in [-0.2, 0) is 0 Å². The van der Waals surface area contributed by atoms with Gasteiger partial charge in [-0.05, 0) is 56.1 Å². The smallest absolute Gasteiger partial charge is 0.126 e. The number of pyridine rings is 1. The molecule has 2 fully saturated rings. The first kappa shape index (κ1) is 10.1. The topological polar surface area (TPSA) is 24.9 Å². The van der Waals surface area contributed by atoms with Crippen molar-refractivity contribution in [3.63, 3.8) is 0 Å². The Morgan fingerprint density at radius 2 is 2.25 bits per heavy atom. The summed E-state index contributed by atoms with van der Waals surface area (Å²) in [6.45, 7) is 2.32. The first-order valence-electron chi connectivity index (χ1n) is 6.50. The average Bonchev–Trinajstić information content (AvgIpc) is 2.92. The van der Waals surface area contributed by atoms with Gasteiger partial charge in [0.2, 0.25) is 0 Å². The van der Waals surface area contributed by atoms with Crippen LogP contribution >= 0.6 is 0 Å². The fourth-order valence-electron chi connectivity index (χ4n) is 3.69. The van der Waals surface area contributed by atoms with E-state index in [4.69, 9.17) is 0 Å². The van der Waals surface area contributed by atoms with Crippen molar-refractivity contribution in [1.29, 1.82) is 0 Å². The van der Waals surface area contributed by atoms with Gasteiger partial charge in [0, 0.05) is 12.2 Å². The van der Waals surface area contributed by atoms with Crippen LogP contribution in [0.5, 0.6) is 0 Å². The quantitative estimate of drug-likeness (QED) is 0.838. The molecule has 0 radical (unpaired) electrons. The molecule has 2 aliphatic carbocycles. The number of nitrogens with one attached hydrogen (secondary N) is 1. The molecule has 2 nitrogen and oxygen atoms in total. The van der Waals surface area contributed by atoms with E-state index in [9.17, 15) is 0 Å². The number of aromatic nitrogens is 1. The predicted octanol–water partition coefficient (Wildman–Crippen LogP) is 3.32. The van der Waals surface area contributed by atoms with Gasteiger partial charge in [0.05, 0.1) is 0 Å². The summed E-state index contributed by atoms with van der Waals surface area (Å²) >= 11 is 0. The van der Waals surface area contributed by atoms with E-state index >= 15 is 0 Å². The lowest BCUT2D eigenvalue weighted by Gasteiger charge is -2.28. The first-order valence-corrected chi connectivity index (χ1v) is 6.50. The van der Waals surface area contributed by atoms with Gasteiger partial charge in [-0.2, -0.15) is 0 Å². The normalized spacial score (nSPS) is 33.9. The zero-order valence-electron chi connectivity index (χ0n) is 9.89. The highest BCUT2D eigenvalue weighted by atomic mass is 15.0. The molecule has 2 heteroatoms. The summed E-state index contributed by atoms with van der Waals surface area (Å²) in [4.78, 5) is 4.34. The lowest BCUT2D eigenvalue weighted by Crippen LogP contribution is -2.30. The number of hydrogen-bond acceptors (Lipinski definition) is 2. The second-order valence-electron chi connectivity index (χ2n) is 5.49. The van der Waals surface area contributed by atoms with E-state index < -0.39 is 0 Å². The minimum absolute atomic E-state index is 0.574. The van der Waals surface area contributed by atoms with Crippen molar-refractivity contribution in [3.8, 4) is 0 Å². The number of anilines is 1. The molecule has 0 aromatic carbocycles. The first-order chi connectivity index (χ1) is 7.83. The number of rotatable bonds is 3. The summed E-state index contributed by atoms with van der Waals surface area (Å²) in [7, 11) is 0. The molecule has 2 aliphatic rings. The van der Waals surface area contributed by atoms with Crippen LogP contribution in [0.3, 0.4) is 0 Å². The highest BCUT2D eigenvalue weighted by molar-refractivity contribution is 5.34. The largest absolute Gasteiger partial charge is 0.367 e. The maximum atomic E-state index is 4.34. The zero-order chi connectivity index (χ0) is 11.0. The minimum Gasteiger partial charge on any atom is -0.367 e. The predicted molar refractivity (Wildman–Crippen MR) is 66.3 cm³/mol. The number of hydrogen-bond donors (Lipinski definition) is 1. The molecule has 1 N–H and O–H groups in total. The third-order valence-corrected chi connectivity index (χ3v) is 4.48. The van der Waals surface area contributed by atoms with Crippen molar-refractivity contribution >= 4 is 5.82 Å². The summed E-state index contributed by atoms with van der Waals surface area (Å²) in [5.74, 6) is 3.91. The fraction of sp³-hybridized carbons (Fsp3) is 0.643. The molecule has 1 aromatic rings. The number of fused-ring (bicyclic) bond motifs is 2. The van der Waals surface area contributed by atoms with Crippen LogP contribution in [-0.4, -0.2) is 11.0 Å². The van der Waals surface area contributed by atoms with Gasteiger partial charge in [-0.15, -0.1) is 0 Å². The zero-order valence-corrected chi connectivity index (χ0v) is 9.89. The van der Waals surface area contributed by atoms with Crippen molar-refractivity contribution in [1.82, 2.24) is 4.98 Å². The van der Waals surface area contributed by atoms with Gasteiger partial charge in [0.25, 0.3) is 0 Å². The average molecular weight is 216 g/mol. The van der Waals surface area contributed by atoms with Crippen molar-refractivity contribution in [2.45, 2.75) is 38.6 Å². The molecule has 1 heterocycles. The highest BCUT2D eigenvalue weighted by Crippen LogP contribution is 2.49. The Hall–Kier alpha value is -1.05. The van der Waals surface area contributed by atoms with E-state index in [0.29, 0.717) is 6.04 Å². The second-order valence-corrected chi connectivity index (χ2v) is 5.49. The van der Waals surface area contributed by atoms with Crippen molar-refractivity contribution < 1.29 is 0 Å². The standard InChI is InChI=1S/C14H20N2/c1-10(16-14-4-2-3-7-15-14)13-9-11-5-6-12(13)8-11/h2-4,7,10-13H,5-6,8-9H2,1H3,(H,15,16).